The lowest BCUT2D eigenvalue weighted by Crippen LogP contribution is -2.14. The SMILES string of the molecule is CCNc1cc(SCC(O)CO)nc(N)n1. The van der Waals surface area contributed by atoms with Gasteiger partial charge in [-0.05, 0) is 6.92 Å². The lowest BCUT2D eigenvalue weighted by Gasteiger charge is -2.08. The summed E-state index contributed by atoms with van der Waals surface area (Å²) < 4.78 is 0. The summed E-state index contributed by atoms with van der Waals surface area (Å²) in [6.07, 6.45) is -0.747. The molecule has 0 aliphatic rings. The average Bonchev–Trinajstić information content (AvgIpc) is 2.25. The smallest absolute Gasteiger partial charge is 0.223 e. The first-order valence-electron chi connectivity index (χ1n) is 4.95. The molecule has 0 bridgehead atoms. The number of hydrogen-bond acceptors (Lipinski definition) is 7. The molecule has 1 heterocycles. The third-order valence-corrected chi connectivity index (χ3v) is 2.77. The van der Waals surface area contributed by atoms with E-state index in [0.29, 0.717) is 16.6 Å². The van der Waals surface area contributed by atoms with E-state index >= 15 is 0 Å². The molecule has 1 unspecified atom stereocenters. The van der Waals surface area contributed by atoms with Crippen molar-refractivity contribution in [2.45, 2.75) is 18.1 Å². The summed E-state index contributed by atoms with van der Waals surface area (Å²) in [4.78, 5) is 8.02. The topological polar surface area (TPSA) is 104 Å². The molecule has 1 rings (SSSR count). The standard InChI is InChI=1S/C9H16N4O2S/c1-2-11-7-3-8(13-9(10)12-7)16-5-6(15)4-14/h3,6,14-15H,2,4-5H2,1H3,(H3,10,11,12,13). The van der Waals surface area contributed by atoms with Crippen molar-refractivity contribution in [1.29, 1.82) is 0 Å². The number of aromatic nitrogens is 2. The normalized spacial score (nSPS) is 12.4. The summed E-state index contributed by atoms with van der Waals surface area (Å²) >= 11 is 1.33. The Morgan fingerprint density at radius 1 is 1.56 bits per heavy atom. The van der Waals surface area contributed by atoms with E-state index in [2.05, 4.69) is 15.3 Å². The molecular formula is C9H16N4O2S. The van der Waals surface area contributed by atoms with Crippen LogP contribution < -0.4 is 11.1 Å². The number of nitrogens with zero attached hydrogens (tertiary/aromatic N) is 2. The van der Waals surface area contributed by atoms with Gasteiger partial charge in [0.15, 0.2) is 0 Å². The quantitative estimate of drug-likeness (QED) is 0.410. The molecular weight excluding hydrogens is 228 g/mol. The second-order valence-corrected chi connectivity index (χ2v) is 4.17. The minimum atomic E-state index is -0.747. The first-order valence-corrected chi connectivity index (χ1v) is 5.94. The van der Waals surface area contributed by atoms with E-state index in [1.807, 2.05) is 6.92 Å². The molecule has 0 aliphatic carbocycles. The molecule has 0 fully saturated rings. The van der Waals surface area contributed by atoms with Gasteiger partial charge in [0.2, 0.25) is 5.95 Å². The van der Waals surface area contributed by atoms with Crippen molar-refractivity contribution in [2.24, 2.45) is 0 Å². The van der Waals surface area contributed by atoms with Crippen LogP contribution in [0.5, 0.6) is 0 Å². The number of hydrogen-bond donors (Lipinski definition) is 4. The van der Waals surface area contributed by atoms with E-state index < -0.39 is 6.10 Å². The highest BCUT2D eigenvalue weighted by Crippen LogP contribution is 2.20. The molecule has 0 spiro atoms. The fourth-order valence-electron chi connectivity index (χ4n) is 1.02. The molecule has 0 amide bonds. The van der Waals surface area contributed by atoms with Gasteiger partial charge in [-0.3, -0.25) is 0 Å². The van der Waals surface area contributed by atoms with Crippen molar-refractivity contribution < 1.29 is 10.2 Å². The number of aliphatic hydroxyl groups is 2. The Hall–Kier alpha value is -1.05. The third kappa shape index (κ3) is 4.21. The zero-order valence-electron chi connectivity index (χ0n) is 9.05. The second kappa shape index (κ2) is 6.51. The van der Waals surface area contributed by atoms with Gasteiger partial charge >= 0.3 is 0 Å². The van der Waals surface area contributed by atoms with Gasteiger partial charge in [-0.1, -0.05) is 0 Å². The summed E-state index contributed by atoms with van der Waals surface area (Å²) in [5.41, 5.74) is 5.54. The lowest BCUT2D eigenvalue weighted by molar-refractivity contribution is 0.113. The highest BCUT2D eigenvalue weighted by molar-refractivity contribution is 7.99. The molecule has 0 saturated heterocycles. The fraction of sp³-hybridized carbons (Fsp3) is 0.556. The monoisotopic (exact) mass is 244 g/mol. The Morgan fingerprint density at radius 2 is 2.31 bits per heavy atom. The van der Waals surface area contributed by atoms with Crippen LogP contribution in [0.15, 0.2) is 11.1 Å². The van der Waals surface area contributed by atoms with E-state index in [4.69, 9.17) is 10.8 Å². The second-order valence-electron chi connectivity index (χ2n) is 3.13. The minimum absolute atomic E-state index is 0.194. The molecule has 0 radical (unpaired) electrons. The van der Waals surface area contributed by atoms with Crippen molar-refractivity contribution in [1.82, 2.24) is 9.97 Å². The molecule has 90 valence electrons. The number of nitrogens with two attached hydrogens (primary N) is 1. The maximum absolute atomic E-state index is 9.20. The third-order valence-electron chi connectivity index (χ3n) is 1.71. The summed E-state index contributed by atoms with van der Waals surface area (Å²) in [5.74, 6) is 1.23. The Morgan fingerprint density at radius 3 is 2.94 bits per heavy atom. The van der Waals surface area contributed by atoms with E-state index in [-0.39, 0.29) is 12.6 Å². The van der Waals surface area contributed by atoms with Crippen LogP contribution in [0.1, 0.15) is 6.92 Å². The van der Waals surface area contributed by atoms with Crippen LogP contribution in [0.4, 0.5) is 11.8 Å². The Balaban J connectivity index is 2.64. The molecule has 5 N–H and O–H groups in total. The van der Waals surface area contributed by atoms with Crippen LogP contribution in [0.3, 0.4) is 0 Å². The Bertz CT molecular complexity index is 337. The molecule has 0 saturated carbocycles. The van der Waals surface area contributed by atoms with Gasteiger partial charge in [0.1, 0.15) is 10.8 Å². The molecule has 1 aromatic rings. The van der Waals surface area contributed by atoms with Crippen molar-refractivity contribution in [3.8, 4) is 0 Å². The van der Waals surface area contributed by atoms with Gasteiger partial charge < -0.3 is 21.3 Å². The van der Waals surface area contributed by atoms with Gasteiger partial charge in [0.05, 0.1) is 12.7 Å². The van der Waals surface area contributed by atoms with Crippen LogP contribution in [-0.2, 0) is 0 Å². The number of anilines is 2. The summed E-state index contributed by atoms with van der Waals surface area (Å²) in [7, 11) is 0. The number of nitrogen functional groups attached to an aromatic ring is 1. The van der Waals surface area contributed by atoms with Gasteiger partial charge in [0, 0.05) is 18.4 Å². The molecule has 7 heteroatoms. The van der Waals surface area contributed by atoms with Crippen LogP contribution in [0.25, 0.3) is 0 Å². The predicted octanol–water partition coefficient (Wildman–Crippen LogP) is -0.0641. The van der Waals surface area contributed by atoms with E-state index in [0.717, 1.165) is 6.54 Å². The maximum Gasteiger partial charge on any atom is 0.223 e. The highest BCUT2D eigenvalue weighted by Gasteiger charge is 2.06. The van der Waals surface area contributed by atoms with Crippen LogP contribution in [-0.4, -0.2) is 45.2 Å². The van der Waals surface area contributed by atoms with Crippen LogP contribution in [0.2, 0.25) is 0 Å². The minimum Gasteiger partial charge on any atom is -0.394 e. The zero-order chi connectivity index (χ0) is 12.0. The van der Waals surface area contributed by atoms with Gasteiger partial charge in [-0.25, -0.2) is 4.98 Å². The number of thioether (sulfide) groups is 1. The average molecular weight is 244 g/mol. The number of rotatable bonds is 6. The molecule has 1 atom stereocenters. The van der Waals surface area contributed by atoms with Crippen LogP contribution >= 0.6 is 11.8 Å². The molecule has 0 aromatic carbocycles. The maximum atomic E-state index is 9.20. The van der Waals surface area contributed by atoms with E-state index in [1.54, 1.807) is 6.07 Å². The largest absolute Gasteiger partial charge is 0.394 e. The Labute approximate surface area is 98.3 Å². The number of nitrogens with one attached hydrogen (secondary N) is 1. The highest BCUT2D eigenvalue weighted by atomic mass is 32.2. The molecule has 6 nitrogen and oxygen atoms in total. The molecule has 16 heavy (non-hydrogen) atoms. The molecule has 1 aromatic heterocycles. The van der Waals surface area contributed by atoms with Gasteiger partial charge in [-0.2, -0.15) is 4.98 Å². The molecule has 0 aliphatic heterocycles. The predicted molar refractivity (Wildman–Crippen MR) is 64.4 cm³/mol. The summed E-state index contributed by atoms with van der Waals surface area (Å²) in [5, 5.41) is 21.6. The van der Waals surface area contributed by atoms with Gasteiger partial charge in [0.25, 0.3) is 0 Å². The van der Waals surface area contributed by atoms with E-state index in [9.17, 15) is 5.11 Å². The Kier molecular flexibility index (Phi) is 5.30. The summed E-state index contributed by atoms with van der Waals surface area (Å²) in [6, 6.07) is 1.76. The first kappa shape index (κ1) is 13.0. The summed E-state index contributed by atoms with van der Waals surface area (Å²) in [6.45, 7) is 2.45. The fourth-order valence-corrected chi connectivity index (χ4v) is 1.84. The lowest BCUT2D eigenvalue weighted by atomic mass is 10.4. The zero-order valence-corrected chi connectivity index (χ0v) is 9.87. The first-order chi connectivity index (χ1) is 7.65. The van der Waals surface area contributed by atoms with Gasteiger partial charge in [-0.15, -0.1) is 11.8 Å². The van der Waals surface area contributed by atoms with Crippen molar-refractivity contribution in [2.75, 3.05) is 30.0 Å². The van der Waals surface area contributed by atoms with Crippen LogP contribution in [0, 0.1) is 0 Å². The van der Waals surface area contributed by atoms with E-state index in [1.165, 1.54) is 11.8 Å². The van der Waals surface area contributed by atoms with Crippen molar-refractivity contribution >= 4 is 23.5 Å². The van der Waals surface area contributed by atoms with Crippen molar-refractivity contribution in [3.63, 3.8) is 0 Å². The van der Waals surface area contributed by atoms with Crippen molar-refractivity contribution in [3.05, 3.63) is 6.07 Å². The number of aliphatic hydroxyl groups excluding tert-OH is 2.